The van der Waals surface area contributed by atoms with E-state index in [1.807, 2.05) is 13.8 Å². The van der Waals surface area contributed by atoms with Gasteiger partial charge in [-0.2, -0.15) is 0 Å². The van der Waals surface area contributed by atoms with Crippen molar-refractivity contribution in [2.75, 3.05) is 13.2 Å². The molecule has 0 bridgehead atoms. The van der Waals surface area contributed by atoms with Gasteiger partial charge in [0.15, 0.2) is 0 Å². The fourth-order valence-electron chi connectivity index (χ4n) is 2.01. The lowest BCUT2D eigenvalue weighted by Gasteiger charge is -2.19. The zero-order valence-electron chi connectivity index (χ0n) is 13.8. The van der Waals surface area contributed by atoms with Crippen LogP contribution in [0, 0.1) is 11.7 Å². The highest BCUT2D eigenvalue weighted by molar-refractivity contribution is 5.74. The van der Waals surface area contributed by atoms with E-state index in [1.165, 1.54) is 18.4 Å². The van der Waals surface area contributed by atoms with Crippen LogP contribution in [0.3, 0.4) is 0 Å². The van der Waals surface area contributed by atoms with Gasteiger partial charge in [-0.25, -0.2) is 14.2 Å². The number of nitrogens with zero attached hydrogens (tertiary/aromatic N) is 1. The number of halogens is 1. The predicted octanol–water partition coefficient (Wildman–Crippen LogP) is 2.34. The lowest BCUT2D eigenvalue weighted by atomic mass is 10.1. The third kappa shape index (κ3) is 5.06. The molecule has 0 aliphatic heterocycles. The molecular weight excluding hydrogens is 313 g/mol. The van der Waals surface area contributed by atoms with Gasteiger partial charge in [-0.3, -0.25) is 0 Å². The molecule has 3 N–H and O–H groups in total. The van der Waals surface area contributed by atoms with Gasteiger partial charge in [0, 0.05) is 31.2 Å². The lowest BCUT2D eigenvalue weighted by Crippen LogP contribution is -2.44. The number of urea groups is 1. The van der Waals surface area contributed by atoms with Crippen LogP contribution in [0.25, 0.3) is 11.5 Å². The molecule has 1 aromatic carbocycles. The largest absolute Gasteiger partial charge is 0.444 e. The van der Waals surface area contributed by atoms with Crippen LogP contribution >= 0.6 is 0 Å². The van der Waals surface area contributed by atoms with Crippen LogP contribution in [0.15, 0.2) is 34.9 Å². The van der Waals surface area contributed by atoms with Gasteiger partial charge in [-0.05, 0) is 37.1 Å². The summed E-state index contributed by atoms with van der Waals surface area (Å²) in [5.74, 6) is 0.0925. The number of oxazole rings is 1. The summed E-state index contributed by atoms with van der Waals surface area (Å²) in [7, 11) is 0. The molecule has 0 saturated carbocycles. The molecule has 0 saturated heterocycles. The summed E-state index contributed by atoms with van der Waals surface area (Å²) in [6.07, 6.45) is 2.04. The first-order valence-corrected chi connectivity index (χ1v) is 7.85. The van der Waals surface area contributed by atoms with E-state index >= 15 is 0 Å². The number of aromatic nitrogens is 1. The van der Waals surface area contributed by atoms with Crippen molar-refractivity contribution >= 4 is 6.03 Å². The second-order valence-corrected chi connectivity index (χ2v) is 5.75. The normalized spacial score (nSPS) is 13.3. The van der Waals surface area contributed by atoms with Crippen LogP contribution in [0.5, 0.6) is 0 Å². The van der Waals surface area contributed by atoms with Crippen molar-refractivity contribution in [3.05, 3.63) is 42.0 Å². The van der Waals surface area contributed by atoms with Crippen molar-refractivity contribution in [3.8, 4) is 11.5 Å². The Morgan fingerprint density at radius 2 is 2.04 bits per heavy atom. The van der Waals surface area contributed by atoms with Gasteiger partial charge in [0.05, 0.1) is 5.69 Å². The van der Waals surface area contributed by atoms with Crippen LogP contribution in [0.2, 0.25) is 0 Å². The lowest BCUT2D eigenvalue weighted by molar-refractivity contribution is 0.200. The number of nitrogens with one attached hydrogen (secondary N) is 2. The van der Waals surface area contributed by atoms with Gasteiger partial charge >= 0.3 is 6.03 Å². The van der Waals surface area contributed by atoms with Crippen molar-refractivity contribution < 1.29 is 18.7 Å². The second kappa shape index (κ2) is 8.44. The summed E-state index contributed by atoms with van der Waals surface area (Å²) >= 11 is 0. The van der Waals surface area contributed by atoms with E-state index in [2.05, 4.69) is 15.6 Å². The van der Waals surface area contributed by atoms with Gasteiger partial charge in [0.2, 0.25) is 5.89 Å². The number of amides is 2. The van der Waals surface area contributed by atoms with E-state index < -0.39 is 0 Å². The van der Waals surface area contributed by atoms with Crippen LogP contribution in [-0.4, -0.2) is 35.3 Å². The average molecular weight is 335 g/mol. The Morgan fingerprint density at radius 3 is 2.71 bits per heavy atom. The summed E-state index contributed by atoms with van der Waals surface area (Å²) < 4.78 is 18.3. The summed E-state index contributed by atoms with van der Waals surface area (Å²) in [5.41, 5.74) is 1.39. The van der Waals surface area contributed by atoms with Gasteiger partial charge in [0.1, 0.15) is 12.1 Å². The number of rotatable bonds is 7. The molecule has 24 heavy (non-hydrogen) atoms. The minimum Gasteiger partial charge on any atom is -0.444 e. The first-order chi connectivity index (χ1) is 11.5. The molecule has 6 nitrogen and oxygen atoms in total. The molecule has 0 fully saturated rings. The average Bonchev–Trinajstić information content (AvgIpc) is 3.03. The number of carbonyl (C=O) groups excluding carboxylic acids is 1. The molecule has 0 aliphatic rings. The highest BCUT2D eigenvalue weighted by Crippen LogP contribution is 2.18. The Balaban J connectivity index is 1.79. The molecule has 2 unspecified atom stereocenters. The van der Waals surface area contributed by atoms with Crippen LogP contribution in [-0.2, 0) is 6.42 Å². The van der Waals surface area contributed by atoms with Crippen molar-refractivity contribution in [1.82, 2.24) is 15.6 Å². The summed E-state index contributed by atoms with van der Waals surface area (Å²) in [6, 6.07) is 5.48. The molecule has 1 aromatic heterocycles. The standard InChI is InChI=1S/C17H22FN3O3/c1-11(9-22)12(2)20-17(23)19-8-7-15-10-24-16(21-15)13-3-5-14(18)6-4-13/h3-6,10-12,22H,7-9H2,1-2H3,(H2,19,20,23). The van der Waals surface area contributed by atoms with Crippen LogP contribution in [0.1, 0.15) is 19.5 Å². The van der Waals surface area contributed by atoms with E-state index in [4.69, 9.17) is 9.52 Å². The highest BCUT2D eigenvalue weighted by Gasteiger charge is 2.13. The second-order valence-electron chi connectivity index (χ2n) is 5.75. The van der Waals surface area contributed by atoms with E-state index in [1.54, 1.807) is 12.1 Å². The Hall–Kier alpha value is -2.41. The zero-order valence-corrected chi connectivity index (χ0v) is 13.8. The maximum absolute atomic E-state index is 12.9. The molecular formula is C17H22FN3O3. The van der Waals surface area contributed by atoms with Crippen molar-refractivity contribution in [2.24, 2.45) is 5.92 Å². The third-order valence-electron chi connectivity index (χ3n) is 3.81. The topological polar surface area (TPSA) is 87.4 Å². The highest BCUT2D eigenvalue weighted by atomic mass is 19.1. The molecule has 0 spiro atoms. The van der Waals surface area contributed by atoms with E-state index in [9.17, 15) is 9.18 Å². The monoisotopic (exact) mass is 335 g/mol. The zero-order chi connectivity index (χ0) is 17.5. The first-order valence-electron chi connectivity index (χ1n) is 7.85. The minimum atomic E-state index is -0.314. The number of carbonyl (C=O) groups is 1. The smallest absolute Gasteiger partial charge is 0.315 e. The number of hydrogen-bond donors (Lipinski definition) is 3. The third-order valence-corrected chi connectivity index (χ3v) is 3.81. The fraction of sp³-hybridized carbons (Fsp3) is 0.412. The van der Waals surface area contributed by atoms with Crippen LogP contribution < -0.4 is 10.6 Å². The summed E-state index contributed by atoms with van der Waals surface area (Å²) in [4.78, 5) is 16.1. The number of hydrogen-bond acceptors (Lipinski definition) is 4. The Bertz CT molecular complexity index is 657. The number of aliphatic hydroxyl groups is 1. The maximum Gasteiger partial charge on any atom is 0.315 e. The van der Waals surface area contributed by atoms with Gasteiger partial charge in [0.25, 0.3) is 0 Å². The Morgan fingerprint density at radius 1 is 1.33 bits per heavy atom. The fourth-order valence-corrected chi connectivity index (χ4v) is 2.01. The van der Waals surface area contributed by atoms with Gasteiger partial charge in [-0.15, -0.1) is 0 Å². The van der Waals surface area contributed by atoms with E-state index in [-0.39, 0.29) is 30.4 Å². The van der Waals surface area contributed by atoms with Crippen molar-refractivity contribution in [2.45, 2.75) is 26.3 Å². The molecule has 2 rings (SSSR count). The molecule has 0 aliphatic carbocycles. The molecule has 2 atom stereocenters. The molecule has 1 heterocycles. The Labute approximate surface area is 140 Å². The maximum atomic E-state index is 12.9. The van der Waals surface area contributed by atoms with Crippen molar-refractivity contribution in [1.29, 1.82) is 0 Å². The van der Waals surface area contributed by atoms with Crippen molar-refractivity contribution in [3.63, 3.8) is 0 Å². The SMILES string of the molecule is CC(CO)C(C)NC(=O)NCCc1coc(-c2ccc(F)cc2)n1. The predicted molar refractivity (Wildman–Crippen MR) is 87.8 cm³/mol. The van der Waals surface area contributed by atoms with E-state index in [0.717, 1.165) is 0 Å². The number of benzene rings is 1. The summed E-state index contributed by atoms with van der Waals surface area (Å²) in [6.45, 7) is 4.12. The quantitative estimate of drug-likeness (QED) is 0.725. The molecule has 7 heteroatoms. The molecule has 0 radical (unpaired) electrons. The van der Waals surface area contributed by atoms with Gasteiger partial charge < -0.3 is 20.2 Å². The first kappa shape index (κ1) is 17.9. The number of aliphatic hydroxyl groups excluding tert-OH is 1. The molecule has 130 valence electrons. The van der Waals surface area contributed by atoms with Crippen LogP contribution in [0.4, 0.5) is 9.18 Å². The van der Waals surface area contributed by atoms with E-state index in [0.29, 0.717) is 30.1 Å². The Kier molecular flexibility index (Phi) is 6.31. The van der Waals surface area contributed by atoms with Gasteiger partial charge in [-0.1, -0.05) is 6.92 Å². The summed E-state index contributed by atoms with van der Waals surface area (Å²) in [5, 5.41) is 14.5. The molecule has 2 aromatic rings. The minimum absolute atomic E-state index is 0.00967. The molecule has 2 amide bonds.